The van der Waals surface area contributed by atoms with E-state index in [1.165, 1.54) is 0 Å². The van der Waals surface area contributed by atoms with Gasteiger partial charge in [-0.15, -0.1) is 0 Å². The van der Waals surface area contributed by atoms with Gasteiger partial charge in [0.15, 0.2) is 0 Å². The van der Waals surface area contributed by atoms with Gasteiger partial charge < -0.3 is 26.2 Å². The molecule has 0 rings (SSSR count). The molecular weight excluding hydrogens is 134 g/mol. The van der Waals surface area contributed by atoms with Gasteiger partial charge in [-0.1, -0.05) is 0 Å². The third kappa shape index (κ3) is 8.85. The normalized spacial score (nSPS) is 0. The molecule has 0 atom stereocenters. The summed E-state index contributed by atoms with van der Waals surface area (Å²) in [6, 6.07) is 0. The SMILES string of the molecule is [Ca+2].[Cl-].[Cl-].[H-].[Na+]. The molecule has 0 fully saturated rings. The van der Waals surface area contributed by atoms with Crippen LogP contribution in [0.2, 0.25) is 0 Å². The summed E-state index contributed by atoms with van der Waals surface area (Å²) < 4.78 is 0. The van der Waals surface area contributed by atoms with E-state index in [0.29, 0.717) is 0 Å². The smallest absolute Gasteiger partial charge is 1.00 e. The Bertz CT molecular complexity index is 9.61. The van der Waals surface area contributed by atoms with Gasteiger partial charge in [-0.2, -0.15) is 0 Å². The first kappa shape index (κ1) is 28.9. The Balaban J connectivity index is 0. The fourth-order valence-corrected chi connectivity index (χ4v) is 0. The predicted molar refractivity (Wildman–Crippen MR) is 6.87 cm³/mol. The first-order valence-corrected chi connectivity index (χ1v) is 0. The summed E-state index contributed by atoms with van der Waals surface area (Å²) in [5, 5.41) is 0. The largest absolute Gasteiger partial charge is 2.00 e. The average molecular weight is 135 g/mol. The van der Waals surface area contributed by atoms with Gasteiger partial charge in [-0.25, -0.2) is 0 Å². The van der Waals surface area contributed by atoms with Gasteiger partial charge in [0, 0.05) is 0 Å². The maximum Gasteiger partial charge on any atom is 2.00 e. The van der Waals surface area contributed by atoms with Gasteiger partial charge in [-0.3, -0.25) is 0 Å². The quantitative estimate of drug-likeness (QED) is 0.289. The van der Waals surface area contributed by atoms with E-state index in [1.807, 2.05) is 0 Å². The van der Waals surface area contributed by atoms with Crippen molar-refractivity contribution in [2.24, 2.45) is 0 Å². The second-order valence-corrected chi connectivity index (χ2v) is 0. The molecule has 18 valence electrons. The molecule has 0 nitrogen and oxygen atoms in total. The molecule has 4 heavy (non-hydrogen) atoms. The molecule has 0 spiro atoms. The van der Waals surface area contributed by atoms with E-state index in [2.05, 4.69) is 0 Å². The third-order valence-corrected chi connectivity index (χ3v) is 0. The Labute approximate surface area is 91.7 Å². The van der Waals surface area contributed by atoms with Crippen molar-refractivity contribution in [1.29, 1.82) is 0 Å². The molecule has 0 aliphatic rings. The molecule has 0 radical (unpaired) electrons. The monoisotopic (exact) mass is 134 g/mol. The topological polar surface area (TPSA) is 0 Å². The van der Waals surface area contributed by atoms with Crippen LogP contribution in [-0.2, 0) is 0 Å². The van der Waals surface area contributed by atoms with Crippen molar-refractivity contribution in [2.75, 3.05) is 0 Å². The fourth-order valence-electron chi connectivity index (χ4n) is 0. The van der Waals surface area contributed by atoms with Crippen LogP contribution in [0.25, 0.3) is 0 Å². The number of halogens is 2. The van der Waals surface area contributed by atoms with Crippen LogP contribution < -0.4 is 54.4 Å². The summed E-state index contributed by atoms with van der Waals surface area (Å²) >= 11 is 0. The van der Waals surface area contributed by atoms with E-state index in [4.69, 9.17) is 0 Å². The van der Waals surface area contributed by atoms with E-state index >= 15 is 0 Å². The second-order valence-electron chi connectivity index (χ2n) is 0. The minimum atomic E-state index is 0. The van der Waals surface area contributed by atoms with Crippen molar-refractivity contribution in [3.8, 4) is 0 Å². The van der Waals surface area contributed by atoms with E-state index in [1.54, 1.807) is 0 Å². The van der Waals surface area contributed by atoms with Crippen molar-refractivity contribution in [3.05, 3.63) is 0 Å². The van der Waals surface area contributed by atoms with Crippen LogP contribution >= 0.6 is 0 Å². The summed E-state index contributed by atoms with van der Waals surface area (Å²) in [6.45, 7) is 0. The van der Waals surface area contributed by atoms with Crippen molar-refractivity contribution in [1.82, 2.24) is 0 Å². The molecule has 0 aliphatic carbocycles. The van der Waals surface area contributed by atoms with Crippen LogP contribution in [-0.4, -0.2) is 37.7 Å². The molecule has 0 saturated heterocycles. The molecule has 4 heteroatoms. The Hall–Kier alpha value is 2.84. The maximum absolute atomic E-state index is 0. The minimum absolute atomic E-state index is 0. The Morgan fingerprint density at radius 3 is 1.00 bits per heavy atom. The molecule has 0 aromatic rings. The van der Waals surface area contributed by atoms with Gasteiger partial charge in [-0.05, 0) is 0 Å². The summed E-state index contributed by atoms with van der Waals surface area (Å²) in [6.07, 6.45) is 0. The predicted octanol–water partition coefficient (Wildman–Crippen LogP) is -9.26. The molecular formula is HCaCl2Na. The van der Waals surface area contributed by atoms with Crippen LogP contribution in [0.1, 0.15) is 1.43 Å². The fraction of sp³-hybridized carbons (Fsp3) is 0. The van der Waals surface area contributed by atoms with Crippen molar-refractivity contribution in [3.63, 3.8) is 0 Å². The van der Waals surface area contributed by atoms with E-state index in [-0.39, 0.29) is 93.5 Å². The Morgan fingerprint density at radius 2 is 1.00 bits per heavy atom. The third-order valence-electron chi connectivity index (χ3n) is 0. The van der Waals surface area contributed by atoms with Gasteiger partial charge in [0.2, 0.25) is 0 Å². The van der Waals surface area contributed by atoms with Gasteiger partial charge >= 0.3 is 67.3 Å². The minimum Gasteiger partial charge on any atom is -1.00 e. The molecule has 0 bridgehead atoms. The molecule has 0 amide bonds. The molecule has 0 unspecified atom stereocenters. The molecule has 0 N–H and O–H groups in total. The van der Waals surface area contributed by atoms with E-state index in [0.717, 1.165) is 0 Å². The summed E-state index contributed by atoms with van der Waals surface area (Å²) in [5.41, 5.74) is 0. The first-order chi connectivity index (χ1) is 0. The van der Waals surface area contributed by atoms with Crippen LogP contribution in [0.3, 0.4) is 0 Å². The van der Waals surface area contributed by atoms with E-state index < -0.39 is 0 Å². The van der Waals surface area contributed by atoms with Crippen LogP contribution in [0.15, 0.2) is 0 Å². The molecule has 0 heterocycles. The van der Waals surface area contributed by atoms with Crippen LogP contribution in [0, 0.1) is 0 Å². The second kappa shape index (κ2) is 17.0. The number of hydrogen-bond acceptors (Lipinski definition) is 0. The first-order valence-electron chi connectivity index (χ1n) is 0. The van der Waals surface area contributed by atoms with Crippen molar-refractivity contribution in [2.45, 2.75) is 0 Å². The zero-order valence-corrected chi connectivity index (χ0v) is 8.18. The van der Waals surface area contributed by atoms with Gasteiger partial charge in [0.05, 0.1) is 0 Å². The molecule has 0 aromatic heterocycles. The zero-order valence-electron chi connectivity index (χ0n) is 3.46. The standard InChI is InChI=1S/Ca.2ClH.Na.H/h;2*1H;;/q+2;;;+1;-1/p-2. The van der Waals surface area contributed by atoms with Crippen molar-refractivity contribution >= 4 is 37.7 Å². The average Bonchev–Trinajstić information content (AvgIpc) is 0. The summed E-state index contributed by atoms with van der Waals surface area (Å²) in [4.78, 5) is 0. The van der Waals surface area contributed by atoms with Crippen LogP contribution in [0.4, 0.5) is 0 Å². The van der Waals surface area contributed by atoms with Gasteiger partial charge in [0.1, 0.15) is 0 Å². The number of hydrogen-bond donors (Lipinski definition) is 0. The Kier molecular flexibility index (Phi) is 123. The number of rotatable bonds is 0. The molecule has 0 aromatic carbocycles. The molecule has 0 aliphatic heterocycles. The Morgan fingerprint density at radius 1 is 1.00 bits per heavy atom. The summed E-state index contributed by atoms with van der Waals surface area (Å²) in [5.74, 6) is 0. The molecule has 0 saturated carbocycles. The van der Waals surface area contributed by atoms with Gasteiger partial charge in [0.25, 0.3) is 0 Å². The van der Waals surface area contributed by atoms with E-state index in [9.17, 15) is 0 Å². The van der Waals surface area contributed by atoms with Crippen LogP contribution in [0.5, 0.6) is 0 Å². The zero-order chi connectivity index (χ0) is 0. The van der Waals surface area contributed by atoms with Crippen molar-refractivity contribution < 1.29 is 55.8 Å². The summed E-state index contributed by atoms with van der Waals surface area (Å²) in [7, 11) is 0. The maximum atomic E-state index is 0.